The number of carboxylic acid groups (broad SMARTS) is 1. The average molecular weight is 254 g/mol. The molecule has 1 aliphatic carbocycles. The highest BCUT2D eigenvalue weighted by molar-refractivity contribution is 5.82. The van der Waals surface area contributed by atoms with Crippen LogP contribution in [0.5, 0.6) is 0 Å². The molecule has 0 radical (unpaired) electrons. The van der Waals surface area contributed by atoms with E-state index in [1.54, 1.807) is 0 Å². The Morgan fingerprint density at radius 2 is 1.89 bits per heavy atom. The molecule has 0 bridgehead atoms. The molecule has 18 heavy (non-hydrogen) atoms. The number of nitrogens with one attached hydrogen (secondary N) is 1. The van der Waals surface area contributed by atoms with Crippen molar-refractivity contribution in [2.24, 2.45) is 5.92 Å². The van der Waals surface area contributed by atoms with Gasteiger partial charge < -0.3 is 15.3 Å². The molecule has 0 aromatic rings. The normalized spacial score (nSPS) is 29.3. The maximum Gasteiger partial charge on any atom is 0.325 e. The zero-order chi connectivity index (χ0) is 13.1. The summed E-state index contributed by atoms with van der Waals surface area (Å²) in [5, 5.41) is 11.4. The molecule has 2 N–H and O–H groups in total. The molecule has 5 heteroatoms. The summed E-state index contributed by atoms with van der Waals surface area (Å²) in [4.78, 5) is 24.8. The fraction of sp³-hybridized carbons (Fsp3) is 0.846. The number of rotatable bonds is 2. The maximum absolute atomic E-state index is 12.1. The number of aliphatic carboxylic acids is 1. The third kappa shape index (κ3) is 2.76. The maximum atomic E-state index is 12.1. The lowest BCUT2D eigenvalue weighted by Gasteiger charge is -2.44. The van der Waals surface area contributed by atoms with Crippen molar-refractivity contribution in [1.29, 1.82) is 0 Å². The van der Waals surface area contributed by atoms with Gasteiger partial charge in [-0.1, -0.05) is 12.8 Å². The Morgan fingerprint density at radius 1 is 1.22 bits per heavy atom. The number of piperidine rings is 1. The van der Waals surface area contributed by atoms with Crippen LogP contribution in [0, 0.1) is 5.92 Å². The van der Waals surface area contributed by atoms with Gasteiger partial charge >= 0.3 is 12.0 Å². The van der Waals surface area contributed by atoms with Gasteiger partial charge in [0.1, 0.15) is 6.04 Å². The van der Waals surface area contributed by atoms with Gasteiger partial charge in [-0.3, -0.25) is 4.79 Å². The molecule has 2 aliphatic rings. The van der Waals surface area contributed by atoms with Crippen molar-refractivity contribution in [3.63, 3.8) is 0 Å². The molecule has 2 amide bonds. The van der Waals surface area contributed by atoms with Gasteiger partial charge in [0.05, 0.1) is 0 Å². The molecule has 0 aromatic heterocycles. The van der Waals surface area contributed by atoms with E-state index < -0.39 is 12.0 Å². The van der Waals surface area contributed by atoms with E-state index in [2.05, 4.69) is 5.32 Å². The van der Waals surface area contributed by atoms with Crippen molar-refractivity contribution < 1.29 is 14.7 Å². The van der Waals surface area contributed by atoms with Crippen molar-refractivity contribution in [2.45, 2.75) is 57.5 Å². The second-order valence-electron chi connectivity index (χ2n) is 5.46. The molecule has 3 atom stereocenters. The fourth-order valence-electron chi connectivity index (χ4n) is 3.21. The van der Waals surface area contributed by atoms with Gasteiger partial charge in [0, 0.05) is 12.6 Å². The third-order valence-electron chi connectivity index (χ3n) is 4.21. The van der Waals surface area contributed by atoms with Crippen molar-refractivity contribution in [1.82, 2.24) is 10.2 Å². The van der Waals surface area contributed by atoms with Crippen LogP contribution in [-0.4, -0.2) is 40.6 Å². The van der Waals surface area contributed by atoms with E-state index >= 15 is 0 Å². The van der Waals surface area contributed by atoms with E-state index in [9.17, 15) is 9.59 Å². The molecule has 0 aromatic carbocycles. The highest BCUT2D eigenvalue weighted by Crippen LogP contribution is 2.35. The van der Waals surface area contributed by atoms with Crippen LogP contribution in [-0.2, 0) is 4.79 Å². The van der Waals surface area contributed by atoms with E-state index in [0.717, 1.165) is 19.4 Å². The summed E-state index contributed by atoms with van der Waals surface area (Å²) in [6, 6.07) is -0.698. The van der Waals surface area contributed by atoms with Gasteiger partial charge in [-0.2, -0.15) is 0 Å². The first kappa shape index (κ1) is 13.2. The number of nitrogens with zero attached hydrogens (tertiary/aromatic N) is 1. The quantitative estimate of drug-likeness (QED) is 0.789. The van der Waals surface area contributed by atoms with Gasteiger partial charge in [0.15, 0.2) is 0 Å². The average Bonchev–Trinajstić information content (AvgIpc) is 2.37. The van der Waals surface area contributed by atoms with E-state index in [1.807, 2.05) is 4.90 Å². The number of carbonyl (C=O) groups excluding carboxylic acids is 1. The lowest BCUT2D eigenvalue weighted by molar-refractivity contribution is -0.138. The number of carbonyl (C=O) groups is 2. The fourth-order valence-corrected chi connectivity index (χ4v) is 3.21. The Labute approximate surface area is 108 Å². The number of carboxylic acids is 1. The third-order valence-corrected chi connectivity index (χ3v) is 4.21. The Bertz CT molecular complexity index is 330. The second-order valence-corrected chi connectivity index (χ2v) is 5.46. The lowest BCUT2D eigenvalue weighted by atomic mass is 9.78. The topological polar surface area (TPSA) is 69.6 Å². The molecule has 2 rings (SSSR count). The van der Waals surface area contributed by atoms with E-state index in [-0.39, 0.29) is 6.03 Å². The molecular weight excluding hydrogens is 232 g/mol. The van der Waals surface area contributed by atoms with Crippen LogP contribution in [0.1, 0.15) is 45.4 Å². The number of urea groups is 1. The monoisotopic (exact) mass is 254 g/mol. The predicted octanol–water partition coefficient (Wildman–Crippen LogP) is 1.82. The molecule has 1 aliphatic heterocycles. The second kappa shape index (κ2) is 5.59. The number of likely N-dealkylation sites (tertiary alicyclic amines) is 1. The number of hydrogen-bond acceptors (Lipinski definition) is 2. The summed E-state index contributed by atoms with van der Waals surface area (Å²) in [6.07, 6.45) is 6.98. The molecular formula is C13H22N2O3. The minimum absolute atomic E-state index is 0.207. The van der Waals surface area contributed by atoms with Crippen molar-refractivity contribution >= 4 is 12.0 Å². The molecule has 1 heterocycles. The number of hydrogen-bond donors (Lipinski definition) is 2. The lowest BCUT2D eigenvalue weighted by Crippen LogP contribution is -2.55. The minimum Gasteiger partial charge on any atom is -0.480 e. The van der Waals surface area contributed by atoms with Gasteiger partial charge in [-0.15, -0.1) is 0 Å². The number of amides is 2. The summed E-state index contributed by atoms with van der Waals surface area (Å²) in [5.74, 6) is -0.362. The minimum atomic E-state index is -0.986. The van der Waals surface area contributed by atoms with Crippen LogP contribution >= 0.6 is 0 Å². The van der Waals surface area contributed by atoms with Gasteiger partial charge in [0.2, 0.25) is 0 Å². The molecule has 1 saturated carbocycles. The molecule has 5 nitrogen and oxygen atoms in total. The number of fused-ring (bicyclic) bond motifs is 1. The molecule has 102 valence electrons. The zero-order valence-electron chi connectivity index (χ0n) is 10.9. The van der Waals surface area contributed by atoms with Crippen LogP contribution in [0.3, 0.4) is 0 Å². The van der Waals surface area contributed by atoms with E-state index in [1.165, 1.54) is 32.6 Å². The Kier molecular flexibility index (Phi) is 4.09. The Morgan fingerprint density at radius 3 is 2.61 bits per heavy atom. The molecule has 3 unspecified atom stereocenters. The Balaban J connectivity index is 1.97. The Hall–Kier alpha value is -1.26. The first-order valence-electron chi connectivity index (χ1n) is 6.89. The first-order chi connectivity index (χ1) is 8.59. The first-order valence-corrected chi connectivity index (χ1v) is 6.89. The highest BCUT2D eigenvalue weighted by Gasteiger charge is 2.36. The zero-order valence-corrected chi connectivity index (χ0v) is 10.9. The van der Waals surface area contributed by atoms with Crippen LogP contribution in [0.4, 0.5) is 4.79 Å². The molecule has 0 spiro atoms. The van der Waals surface area contributed by atoms with Crippen LogP contribution in [0.25, 0.3) is 0 Å². The van der Waals surface area contributed by atoms with Crippen molar-refractivity contribution in [2.75, 3.05) is 6.54 Å². The van der Waals surface area contributed by atoms with Crippen molar-refractivity contribution in [3.05, 3.63) is 0 Å². The molecule has 2 fully saturated rings. The van der Waals surface area contributed by atoms with E-state index in [0.29, 0.717) is 12.0 Å². The van der Waals surface area contributed by atoms with Gasteiger partial charge in [-0.05, 0) is 38.5 Å². The van der Waals surface area contributed by atoms with Crippen LogP contribution in [0.15, 0.2) is 0 Å². The standard InChI is InChI=1S/C13H22N2O3/c1-9(12(16)17)14-13(18)15-8-4-6-10-5-2-3-7-11(10)15/h9-11H,2-8H2,1H3,(H,14,18)(H,16,17). The smallest absolute Gasteiger partial charge is 0.325 e. The van der Waals surface area contributed by atoms with Gasteiger partial charge in [-0.25, -0.2) is 4.79 Å². The van der Waals surface area contributed by atoms with Gasteiger partial charge in [0.25, 0.3) is 0 Å². The van der Waals surface area contributed by atoms with E-state index in [4.69, 9.17) is 5.11 Å². The summed E-state index contributed by atoms with van der Waals surface area (Å²) in [6.45, 7) is 2.27. The largest absolute Gasteiger partial charge is 0.480 e. The summed E-state index contributed by atoms with van der Waals surface area (Å²) >= 11 is 0. The predicted molar refractivity (Wildman–Crippen MR) is 67.3 cm³/mol. The highest BCUT2D eigenvalue weighted by atomic mass is 16.4. The molecule has 1 saturated heterocycles. The van der Waals surface area contributed by atoms with Crippen LogP contribution in [0.2, 0.25) is 0 Å². The summed E-state index contributed by atoms with van der Waals surface area (Å²) < 4.78 is 0. The van der Waals surface area contributed by atoms with Crippen molar-refractivity contribution in [3.8, 4) is 0 Å². The summed E-state index contributed by atoms with van der Waals surface area (Å²) in [7, 11) is 0. The van der Waals surface area contributed by atoms with Crippen LogP contribution < -0.4 is 5.32 Å². The SMILES string of the molecule is CC(NC(=O)N1CCCC2CCCCC21)C(=O)O. The summed E-state index contributed by atoms with van der Waals surface area (Å²) in [5.41, 5.74) is 0.